The van der Waals surface area contributed by atoms with E-state index in [1.54, 1.807) is 31.2 Å². The van der Waals surface area contributed by atoms with Gasteiger partial charge < -0.3 is 14.2 Å². The summed E-state index contributed by atoms with van der Waals surface area (Å²) >= 11 is 0. The molecule has 2 aromatic rings. The molecular formula is C26H32O5. The normalized spacial score (nSPS) is 10.4. The van der Waals surface area contributed by atoms with Crippen LogP contribution in [-0.4, -0.2) is 25.2 Å². The summed E-state index contributed by atoms with van der Waals surface area (Å²) in [6, 6.07) is 14.5. The van der Waals surface area contributed by atoms with Crippen molar-refractivity contribution in [3.05, 3.63) is 71.8 Å². The highest BCUT2D eigenvalue weighted by molar-refractivity contribution is 5.91. The number of esters is 2. The lowest BCUT2D eigenvalue weighted by Crippen LogP contribution is -2.08. The molecular weight excluding hydrogens is 392 g/mol. The van der Waals surface area contributed by atoms with E-state index >= 15 is 0 Å². The Hall–Kier alpha value is -3.08. The van der Waals surface area contributed by atoms with Crippen LogP contribution in [0.15, 0.2) is 60.7 Å². The van der Waals surface area contributed by atoms with Crippen LogP contribution in [0.3, 0.4) is 0 Å². The maximum atomic E-state index is 12.3. The predicted octanol–water partition coefficient (Wildman–Crippen LogP) is 5.92. The fourth-order valence-electron chi connectivity index (χ4n) is 2.86. The largest absolute Gasteiger partial charge is 0.494 e. The molecule has 0 radical (unpaired) electrons. The number of ether oxygens (including phenoxy) is 3. The topological polar surface area (TPSA) is 61.8 Å². The van der Waals surface area contributed by atoms with Crippen molar-refractivity contribution in [3.8, 4) is 11.5 Å². The van der Waals surface area contributed by atoms with Crippen LogP contribution in [0.5, 0.6) is 11.5 Å². The molecule has 2 rings (SSSR count). The van der Waals surface area contributed by atoms with Crippen molar-refractivity contribution in [2.75, 3.05) is 13.2 Å². The van der Waals surface area contributed by atoms with Gasteiger partial charge in [0.2, 0.25) is 0 Å². The Bertz CT molecular complexity index is 837. The Labute approximate surface area is 185 Å². The Balaban J connectivity index is 1.60. The highest BCUT2D eigenvalue weighted by Crippen LogP contribution is 2.17. The molecule has 0 fully saturated rings. The molecule has 0 aliphatic rings. The highest BCUT2D eigenvalue weighted by Gasteiger charge is 2.09. The van der Waals surface area contributed by atoms with Crippen LogP contribution in [0.25, 0.3) is 0 Å². The van der Waals surface area contributed by atoms with Crippen molar-refractivity contribution in [2.24, 2.45) is 0 Å². The Morgan fingerprint density at radius 2 is 1.39 bits per heavy atom. The molecule has 166 valence electrons. The standard InChI is InChI=1S/C26H32O5/c1-4-21-10-14-24(15-11-21)31-26(28)22-12-16-23(17-13-22)29-18-8-6-5-7-9-19-30-25(27)20(2)3/h10-17H,2,4-9,18-19H2,1,3H3. The summed E-state index contributed by atoms with van der Waals surface area (Å²) < 4.78 is 16.2. The molecule has 0 saturated heterocycles. The van der Waals surface area contributed by atoms with Crippen molar-refractivity contribution >= 4 is 11.9 Å². The van der Waals surface area contributed by atoms with Crippen molar-refractivity contribution in [2.45, 2.75) is 52.4 Å². The maximum Gasteiger partial charge on any atom is 0.343 e. The SMILES string of the molecule is C=C(C)C(=O)OCCCCCCCOc1ccc(C(=O)Oc2ccc(CC)cc2)cc1. The van der Waals surface area contributed by atoms with Crippen LogP contribution < -0.4 is 9.47 Å². The molecule has 0 N–H and O–H groups in total. The first kappa shape index (κ1) is 24.2. The number of hydrogen-bond acceptors (Lipinski definition) is 5. The zero-order valence-electron chi connectivity index (χ0n) is 18.5. The van der Waals surface area contributed by atoms with Crippen molar-refractivity contribution in [3.63, 3.8) is 0 Å². The van der Waals surface area contributed by atoms with E-state index < -0.39 is 0 Å². The van der Waals surface area contributed by atoms with E-state index in [1.807, 2.05) is 24.3 Å². The average molecular weight is 425 g/mol. The van der Waals surface area contributed by atoms with Gasteiger partial charge in [-0.1, -0.05) is 44.9 Å². The lowest BCUT2D eigenvalue weighted by Gasteiger charge is -2.08. The zero-order chi connectivity index (χ0) is 22.5. The molecule has 0 unspecified atom stereocenters. The lowest BCUT2D eigenvalue weighted by atomic mass is 10.1. The smallest absolute Gasteiger partial charge is 0.343 e. The number of rotatable bonds is 13. The van der Waals surface area contributed by atoms with Gasteiger partial charge >= 0.3 is 11.9 Å². The molecule has 5 nitrogen and oxygen atoms in total. The molecule has 5 heteroatoms. The second-order valence-electron chi connectivity index (χ2n) is 7.44. The second kappa shape index (κ2) is 13.3. The molecule has 0 spiro atoms. The van der Waals surface area contributed by atoms with Gasteiger partial charge in [-0.05, 0) is 68.1 Å². The van der Waals surface area contributed by atoms with Gasteiger partial charge in [0.05, 0.1) is 18.8 Å². The number of benzene rings is 2. The van der Waals surface area contributed by atoms with Crippen LogP contribution in [0.1, 0.15) is 61.9 Å². The number of carbonyl (C=O) groups excluding carboxylic acids is 2. The van der Waals surface area contributed by atoms with Gasteiger partial charge in [-0.25, -0.2) is 9.59 Å². The van der Waals surface area contributed by atoms with Crippen LogP contribution in [0.4, 0.5) is 0 Å². The van der Waals surface area contributed by atoms with Crippen molar-refractivity contribution in [1.82, 2.24) is 0 Å². The lowest BCUT2D eigenvalue weighted by molar-refractivity contribution is -0.139. The maximum absolute atomic E-state index is 12.3. The summed E-state index contributed by atoms with van der Waals surface area (Å²) in [6.07, 6.45) is 5.89. The Kier molecular flexibility index (Phi) is 10.4. The zero-order valence-corrected chi connectivity index (χ0v) is 18.5. The molecule has 0 saturated carbocycles. The number of aryl methyl sites for hydroxylation is 1. The van der Waals surface area contributed by atoms with Crippen LogP contribution >= 0.6 is 0 Å². The first-order valence-corrected chi connectivity index (χ1v) is 10.9. The minimum Gasteiger partial charge on any atom is -0.494 e. The van der Waals surface area contributed by atoms with Crippen molar-refractivity contribution < 1.29 is 23.8 Å². The van der Waals surface area contributed by atoms with Gasteiger partial charge in [-0.2, -0.15) is 0 Å². The van der Waals surface area contributed by atoms with E-state index in [4.69, 9.17) is 14.2 Å². The monoisotopic (exact) mass is 424 g/mol. The van der Waals surface area contributed by atoms with Gasteiger partial charge in [-0.3, -0.25) is 0 Å². The van der Waals surface area contributed by atoms with E-state index in [1.165, 1.54) is 5.56 Å². The second-order valence-corrected chi connectivity index (χ2v) is 7.44. The van der Waals surface area contributed by atoms with Gasteiger partial charge in [0.1, 0.15) is 11.5 Å². The van der Waals surface area contributed by atoms with E-state index in [2.05, 4.69) is 13.5 Å². The van der Waals surface area contributed by atoms with Crippen molar-refractivity contribution in [1.29, 1.82) is 0 Å². The third-order valence-corrected chi connectivity index (χ3v) is 4.77. The first-order chi connectivity index (χ1) is 15.0. The van der Waals surface area contributed by atoms with Crippen LogP contribution in [0, 0.1) is 0 Å². The summed E-state index contributed by atoms with van der Waals surface area (Å²) in [6.45, 7) is 8.35. The molecule has 0 amide bonds. The third kappa shape index (κ3) is 9.08. The van der Waals surface area contributed by atoms with E-state index in [0.29, 0.717) is 30.1 Å². The van der Waals surface area contributed by atoms with Crippen LogP contribution in [0.2, 0.25) is 0 Å². The molecule has 31 heavy (non-hydrogen) atoms. The van der Waals surface area contributed by atoms with Gasteiger partial charge in [0, 0.05) is 5.57 Å². The first-order valence-electron chi connectivity index (χ1n) is 10.9. The molecule has 0 aliphatic carbocycles. The Morgan fingerprint density at radius 1 is 0.806 bits per heavy atom. The van der Waals surface area contributed by atoms with Gasteiger partial charge in [-0.15, -0.1) is 0 Å². The Morgan fingerprint density at radius 3 is 2.00 bits per heavy atom. The number of unbranched alkanes of at least 4 members (excludes halogenated alkanes) is 4. The minimum absolute atomic E-state index is 0.321. The molecule has 0 aromatic heterocycles. The fourth-order valence-corrected chi connectivity index (χ4v) is 2.86. The fraction of sp³-hybridized carbons (Fsp3) is 0.385. The summed E-state index contributed by atoms with van der Waals surface area (Å²) in [4.78, 5) is 23.5. The molecule has 0 aliphatic heterocycles. The summed E-state index contributed by atoms with van der Waals surface area (Å²) in [5, 5.41) is 0. The highest BCUT2D eigenvalue weighted by atomic mass is 16.5. The number of hydrogen-bond donors (Lipinski definition) is 0. The summed E-state index contributed by atoms with van der Waals surface area (Å²) in [7, 11) is 0. The number of carbonyl (C=O) groups is 2. The summed E-state index contributed by atoms with van der Waals surface area (Å²) in [5.41, 5.74) is 2.12. The van der Waals surface area contributed by atoms with Gasteiger partial charge in [0.25, 0.3) is 0 Å². The van der Waals surface area contributed by atoms with Gasteiger partial charge in [0.15, 0.2) is 0 Å². The molecule has 0 heterocycles. The molecule has 2 aromatic carbocycles. The quantitative estimate of drug-likeness (QED) is 0.173. The van der Waals surface area contributed by atoms with E-state index in [0.717, 1.165) is 44.3 Å². The third-order valence-electron chi connectivity index (χ3n) is 4.77. The summed E-state index contributed by atoms with van der Waals surface area (Å²) in [5.74, 6) is 0.565. The van der Waals surface area contributed by atoms with Crippen LogP contribution in [-0.2, 0) is 16.0 Å². The minimum atomic E-state index is -0.385. The average Bonchev–Trinajstić information content (AvgIpc) is 2.78. The predicted molar refractivity (Wildman–Crippen MR) is 122 cm³/mol. The molecule has 0 atom stereocenters. The van der Waals surface area contributed by atoms with E-state index in [-0.39, 0.29) is 11.9 Å². The van der Waals surface area contributed by atoms with E-state index in [9.17, 15) is 9.59 Å². The molecule has 0 bridgehead atoms.